The van der Waals surface area contributed by atoms with Crippen LogP contribution in [0.15, 0.2) is 110 Å². The van der Waals surface area contributed by atoms with Crippen LogP contribution in [0, 0.1) is 70.1 Å². The van der Waals surface area contributed by atoms with Crippen LogP contribution in [0.3, 0.4) is 0 Å². The van der Waals surface area contributed by atoms with Crippen molar-refractivity contribution in [1.82, 2.24) is 44.3 Å². The number of Topliss-reactive ketones (excluding diaryl/α,β-unsaturated/α-hetero) is 3. The average Bonchev–Trinajstić information content (AvgIpc) is 1.34. The first-order chi connectivity index (χ1) is 63.8. The molecule has 0 radical (unpaired) electrons. The molecule has 2 fully saturated rings. The summed E-state index contributed by atoms with van der Waals surface area (Å²) in [6, 6.07) is 6.55. The molecule has 0 unspecified atom stereocenters. The Hall–Kier alpha value is -12.3. The van der Waals surface area contributed by atoms with Crippen LogP contribution in [-0.2, 0) is 63.3 Å². The molecule has 0 spiro atoms. The van der Waals surface area contributed by atoms with E-state index in [1.807, 2.05) is 40.3 Å². The first-order valence-electron chi connectivity index (χ1n) is 43.8. The number of esters is 1. The van der Waals surface area contributed by atoms with Gasteiger partial charge in [0.2, 0.25) is 11.3 Å². The number of nitrogens with two attached hydrogens (primary N) is 2. The molecule has 43 heteroatoms. The van der Waals surface area contributed by atoms with Crippen LogP contribution in [0.25, 0.3) is 39.1 Å². The Labute approximate surface area is 797 Å². The number of amides is 2. The molecule has 8 heterocycles. The predicted octanol–water partition coefficient (Wildman–Crippen LogP) is -0.147. The highest BCUT2D eigenvalue weighted by Gasteiger charge is 2.67. The number of carbonyl (C=O) groups excluding carboxylic acids is 6. The highest BCUT2D eigenvalue weighted by Crippen LogP contribution is 2.59. The van der Waals surface area contributed by atoms with E-state index in [-0.39, 0.29) is 99.1 Å². The number of piperazine rings is 1. The first kappa shape index (κ1) is 107. The van der Waals surface area contributed by atoms with Crippen molar-refractivity contribution >= 4 is 91.8 Å². The van der Waals surface area contributed by atoms with Crippen molar-refractivity contribution in [3.8, 4) is 40.3 Å². The molecule has 1 saturated carbocycles. The minimum Gasteiger partial charge on any atom is -1.00 e. The van der Waals surface area contributed by atoms with Crippen molar-refractivity contribution in [2.45, 2.75) is 182 Å². The number of benzene rings is 4. The van der Waals surface area contributed by atoms with Crippen molar-refractivity contribution in [3.05, 3.63) is 177 Å². The van der Waals surface area contributed by atoms with E-state index in [1.54, 1.807) is 74.5 Å². The number of aromatic hydroxyl groups is 4. The molecular formula is C94H119ClN14O27S. The fraction of sp³-hybridized carbons (Fsp3) is 0.468. The van der Waals surface area contributed by atoms with E-state index in [4.69, 9.17) is 40.6 Å². The molecule has 21 N–H and O–H groups in total. The van der Waals surface area contributed by atoms with E-state index in [1.165, 1.54) is 113 Å². The summed E-state index contributed by atoms with van der Waals surface area (Å²) in [6.07, 6.45) is 2.45. The van der Waals surface area contributed by atoms with Crippen molar-refractivity contribution in [3.63, 3.8) is 0 Å². The lowest BCUT2D eigenvalue weighted by atomic mass is 9.54. The number of aliphatic hydroxyl groups excluding tert-OH is 9. The van der Waals surface area contributed by atoms with Crippen LogP contribution in [0.2, 0.25) is 0 Å². The van der Waals surface area contributed by atoms with Gasteiger partial charge < -0.3 is 134 Å². The second-order valence-corrected chi connectivity index (χ2v) is 36.7. The van der Waals surface area contributed by atoms with Gasteiger partial charge in [-0.3, -0.25) is 48.5 Å². The van der Waals surface area contributed by atoms with Crippen molar-refractivity contribution in [2.24, 2.45) is 46.3 Å². The lowest BCUT2D eigenvalue weighted by Crippen LogP contribution is -3.00. The number of allylic oxidation sites excluding steroid dienone is 2. The number of aliphatic hydroxyl groups is 11. The summed E-state index contributed by atoms with van der Waals surface area (Å²) in [7, 11) is 6.43. The Kier molecular flexibility index (Phi) is 33.3. The fourth-order valence-electron chi connectivity index (χ4n) is 18.1. The third-order valence-electron chi connectivity index (χ3n) is 26.3. The highest BCUT2D eigenvalue weighted by atomic mass is 35.5. The van der Waals surface area contributed by atoms with Gasteiger partial charge in [-0.05, 0) is 110 Å². The lowest BCUT2D eigenvalue weighted by Gasteiger charge is -2.53. The number of ether oxygens (including phenoxy) is 4. The topological polar surface area (TPSA) is 639 Å². The second kappa shape index (κ2) is 42.8. The zero-order valence-corrected chi connectivity index (χ0v) is 80.3. The van der Waals surface area contributed by atoms with Gasteiger partial charge >= 0.3 is 17.4 Å². The molecule has 1 saturated heterocycles. The van der Waals surface area contributed by atoms with E-state index in [9.17, 15) is 105 Å². The summed E-state index contributed by atoms with van der Waals surface area (Å²) < 4.78 is 27.1. The standard InChI is InChI=1S/C43H58N4O12.C22H24N2O8.C17H20N4O6.C12H17N4OS.ClH/c1-21-12-11-13-22(2)42(55)45-33-28(20-44-47-17-15-46(9)16-18-47)37(52)30-31(38(33)53)36(51)26(6)40-32(30)41(54)43(8,59-40)57-19-14-29(56-10)23(3)39(58-27(7)48)25(5)35(50)24(4)34(21)49;1-21(31)8-5-4-6-11(25)12(8)16(26)13-9(21)7-10-15(24(2)3)17(27)14(20(23)30)19(29)22(10,32)18(13)28;1-7-3-9-10(4-8(7)2)21(5-11(23)14(25)12(24)6-22)15-13(18-9)16(26)20-17(27)19-15;1-8-11(3-4-17)18-7-16(8)6-10-5-14-9(2)15-12(10)13;/h11-14,19-21,23-25,29,34-35,39,49-53H,15-18H2,1-10H3,(H,45,55);4-6,9-10,15,25-26,29,31-32H,7H2,1-3H3,(H2,23,30);3-4,11-12,14,22-25H,5-6H2,1-2H3,(H,20,26,27);5,7,17H,3-4,6H2,1-2H3,(H2,13,14,15);1H/q;;;+1;/p-1/b12-11+,19-14+,22-13+,44-20-;;;;/t21-,23+,24+,25+,29-,34-,35+,39+,43-;9-,10-,15-,21+,22-;11-,12+,14-;;/m001../s1. The number of aryl methyl sites for hydroxylation is 3. The number of thiazole rings is 1. The lowest BCUT2D eigenvalue weighted by molar-refractivity contribution is -0.689. The molecule has 4 aromatic carbocycles. The van der Waals surface area contributed by atoms with E-state index >= 15 is 0 Å². The van der Waals surface area contributed by atoms with Crippen molar-refractivity contribution < 1.29 is 141 Å². The normalized spacial score (nSPS) is 26.3. The zero-order valence-electron chi connectivity index (χ0n) is 78.7. The van der Waals surface area contributed by atoms with Crippen LogP contribution < -0.4 is 49.7 Å². The van der Waals surface area contributed by atoms with E-state index in [0.717, 1.165) is 35.5 Å². The largest absolute Gasteiger partial charge is 1.00 e. The Morgan fingerprint density at radius 2 is 1.50 bits per heavy atom. The van der Waals surface area contributed by atoms with Crippen molar-refractivity contribution in [1.29, 1.82) is 0 Å². The number of methoxy groups -OCH3 is 1. The number of anilines is 2. The number of phenols is 4. The highest BCUT2D eigenvalue weighted by molar-refractivity contribution is 7.09. The molecule has 137 heavy (non-hydrogen) atoms. The number of nitrogens with one attached hydrogen (secondary N) is 2. The number of aromatic nitrogens is 7. The number of likely N-dealkylation sites (N-methyl/N-ethyl adjacent to an activating group) is 2. The zero-order chi connectivity index (χ0) is 101. The molecule has 15 rings (SSSR count). The van der Waals surface area contributed by atoms with Gasteiger partial charge in [-0.25, -0.2) is 19.7 Å². The molecule has 3 aliphatic carbocycles. The number of phenolic OH excluding ortho intramolecular Hbond substituents is 4. The smallest absolute Gasteiger partial charge is 0.349 e. The molecule has 740 valence electrons. The maximum atomic E-state index is 14.4. The third-order valence-corrected chi connectivity index (χ3v) is 27.5. The molecular weight excluding hydrogens is 1820 g/mol. The number of halogens is 1. The molecule has 6 aliphatic heterocycles. The predicted molar refractivity (Wildman–Crippen MR) is 497 cm³/mol. The van der Waals surface area contributed by atoms with Crippen LogP contribution in [0.5, 0.6) is 28.7 Å². The molecule has 5 bridgehead atoms. The quantitative estimate of drug-likeness (QED) is 0.0121. The summed E-state index contributed by atoms with van der Waals surface area (Å²) in [5, 5.41) is 170. The van der Waals surface area contributed by atoms with Crippen LogP contribution in [-0.4, -0.2) is 290 Å². The summed E-state index contributed by atoms with van der Waals surface area (Å²) >= 11 is 1.65. The van der Waals surface area contributed by atoms with Crippen LogP contribution in [0.1, 0.15) is 128 Å². The minimum atomic E-state index is -2.75. The number of hydrogen-bond donors (Lipinski definition) is 19. The number of ketones is 3. The number of nitrogens with zero attached hydrogens (tertiary/aromatic N) is 10. The number of hydrazone groups is 1. The molecule has 9 aliphatic rings. The molecule has 41 nitrogen and oxygen atoms in total. The Balaban J connectivity index is 0.000000208. The SMILES string of the molecule is CN(C)[C@@H]1C(=O)C(C(N)=O)=C(O)[C@@]2(O)C(=O)C3=C(O)c4c(O)cccc4[C@@](C)(O)[C@H]3C[C@@H]12.CO[C@H]1/C=C/O[C@@]2(C)Oc3c(C)c(O)c4c(O)c(c(/C=N\N5CCN(C)CC5)c(O)c4c3C2=O)NC(=O)/C(C)=C/C=C/[C@H](C)[C@H](O)[C@@H](C)[C@@H](O)[C@@H](C)[C@H](OC(C)=O)[C@@H]1C.Cc1cc2nc3c(=O)[nH]c(=O)nc-3n(C[C@@H](O)[C@@H](O)[C@@H](O)CO)c2cc1C.Cc1ncc(C[n+]2csc(CCO)c2C)c(N)n1.[Cl-]. The van der Waals surface area contributed by atoms with Gasteiger partial charge in [0.15, 0.2) is 40.9 Å². The van der Waals surface area contributed by atoms with Crippen molar-refractivity contribution in [2.75, 3.05) is 78.7 Å². The van der Waals surface area contributed by atoms with Gasteiger partial charge in [0.1, 0.15) is 76.1 Å². The summed E-state index contributed by atoms with van der Waals surface area (Å²) in [6.45, 7) is 23.9. The van der Waals surface area contributed by atoms with E-state index in [2.05, 4.69) is 44.8 Å². The van der Waals surface area contributed by atoms with Gasteiger partial charge in [0.05, 0.1) is 105 Å². The second-order valence-electron chi connectivity index (χ2n) is 35.7. The molecule has 6 aromatic rings. The fourth-order valence-corrected chi connectivity index (χ4v) is 19.1. The average molecular weight is 1940 g/mol. The van der Waals surface area contributed by atoms with Gasteiger partial charge in [0.25, 0.3) is 23.2 Å². The number of primary amides is 1. The number of rotatable bonds is 15. The van der Waals surface area contributed by atoms with Crippen LogP contribution >= 0.6 is 11.3 Å². The monoisotopic (exact) mass is 1940 g/mol. The van der Waals surface area contributed by atoms with Gasteiger partial charge in [-0.2, -0.15) is 14.7 Å². The first-order valence-corrected chi connectivity index (χ1v) is 44.7. The van der Waals surface area contributed by atoms with Gasteiger partial charge in [-0.1, -0.05) is 69.4 Å². The number of fused-ring (bicyclic) bond motifs is 19. The third kappa shape index (κ3) is 21.0. The van der Waals surface area contributed by atoms with Gasteiger partial charge in [-0.15, -0.1) is 0 Å². The summed E-state index contributed by atoms with van der Waals surface area (Å²) in [4.78, 5) is 126. The molecule has 17 atom stereocenters. The Bertz CT molecular complexity index is 6280. The Morgan fingerprint density at radius 1 is 0.839 bits per heavy atom. The maximum absolute atomic E-state index is 14.4. The number of nitrogen functional groups attached to an aromatic ring is 1. The number of carbonyl (C=O) groups is 6. The molecule has 2 amide bonds. The minimum absolute atomic E-state index is 0. The Morgan fingerprint density at radius 3 is 2.12 bits per heavy atom. The number of H-pyrrole nitrogens is 1. The maximum Gasteiger partial charge on any atom is 0.349 e. The number of aromatic amines is 1. The molecule has 2 aromatic heterocycles. The van der Waals surface area contributed by atoms with E-state index < -0.39 is 200 Å². The number of hydrogen-bond acceptors (Lipinski definition) is 37. The van der Waals surface area contributed by atoms with Gasteiger partial charge in [0, 0.05) is 131 Å². The van der Waals surface area contributed by atoms with Crippen LogP contribution in [0.4, 0.5) is 11.5 Å². The van der Waals surface area contributed by atoms with E-state index in [0.29, 0.717) is 48.7 Å². The summed E-state index contributed by atoms with van der Waals surface area (Å²) in [5.41, 5.74) is 10.2. The summed E-state index contributed by atoms with van der Waals surface area (Å²) in [5.74, 6) is -15.1.